The number of pyridine rings is 1. The van der Waals surface area contributed by atoms with Gasteiger partial charge in [-0.15, -0.1) is 0 Å². The molecule has 1 N–H and O–H groups in total. The molecule has 5 heteroatoms. The highest BCUT2D eigenvalue weighted by molar-refractivity contribution is 5.94. The quantitative estimate of drug-likeness (QED) is 0.711. The predicted molar refractivity (Wildman–Crippen MR) is 101 cm³/mol. The highest BCUT2D eigenvalue weighted by Gasteiger charge is 2.15. The Kier molecular flexibility index (Phi) is 7.41. The van der Waals surface area contributed by atoms with Crippen molar-refractivity contribution in [3.05, 3.63) is 59.8 Å². The standard InChI is InChI=1S/C20H27N3O2/c1-16(2)23(15-17-8-5-4-6-9-17)19-14-18(10-12-21-19)20(24)22-11-7-13-25-3/h4-6,8-10,12,14,16H,7,11,13,15H2,1-3H3,(H,22,24). The first-order chi connectivity index (χ1) is 12.1. The van der Waals surface area contributed by atoms with Gasteiger partial charge in [0.2, 0.25) is 0 Å². The molecule has 1 heterocycles. The predicted octanol–water partition coefficient (Wildman–Crippen LogP) is 3.26. The van der Waals surface area contributed by atoms with Crippen molar-refractivity contribution in [1.82, 2.24) is 10.3 Å². The Morgan fingerprint density at radius 2 is 2.00 bits per heavy atom. The number of rotatable bonds is 9. The minimum Gasteiger partial charge on any atom is -0.385 e. The lowest BCUT2D eigenvalue weighted by atomic mass is 10.1. The maximum absolute atomic E-state index is 12.3. The number of nitrogens with one attached hydrogen (secondary N) is 1. The van der Waals surface area contributed by atoms with Crippen molar-refractivity contribution in [2.24, 2.45) is 0 Å². The molecule has 2 aromatic rings. The van der Waals surface area contributed by atoms with Gasteiger partial charge in [0.1, 0.15) is 5.82 Å². The van der Waals surface area contributed by atoms with Gasteiger partial charge in [0.05, 0.1) is 0 Å². The molecule has 2 rings (SSSR count). The molecule has 1 aromatic carbocycles. The van der Waals surface area contributed by atoms with E-state index in [1.165, 1.54) is 5.56 Å². The van der Waals surface area contributed by atoms with E-state index >= 15 is 0 Å². The number of aromatic nitrogens is 1. The van der Waals surface area contributed by atoms with E-state index in [9.17, 15) is 4.79 Å². The van der Waals surface area contributed by atoms with Gasteiger partial charge in [-0.05, 0) is 38.0 Å². The summed E-state index contributed by atoms with van der Waals surface area (Å²) in [5, 5.41) is 2.91. The number of benzene rings is 1. The maximum atomic E-state index is 12.3. The minimum absolute atomic E-state index is 0.0804. The van der Waals surface area contributed by atoms with Crippen LogP contribution in [-0.2, 0) is 11.3 Å². The Morgan fingerprint density at radius 1 is 1.24 bits per heavy atom. The molecule has 5 nitrogen and oxygen atoms in total. The molecule has 0 saturated heterocycles. The third-order valence-electron chi connectivity index (χ3n) is 3.93. The Labute approximate surface area is 150 Å². The lowest BCUT2D eigenvalue weighted by Crippen LogP contribution is -2.31. The lowest BCUT2D eigenvalue weighted by molar-refractivity contribution is 0.0948. The second-order valence-corrected chi connectivity index (χ2v) is 6.21. The number of methoxy groups -OCH3 is 1. The maximum Gasteiger partial charge on any atom is 0.251 e. The van der Waals surface area contributed by atoms with Crippen molar-refractivity contribution in [3.8, 4) is 0 Å². The number of hydrogen-bond donors (Lipinski definition) is 1. The number of ether oxygens (including phenoxy) is 1. The van der Waals surface area contributed by atoms with Gasteiger partial charge in [0.15, 0.2) is 0 Å². The van der Waals surface area contributed by atoms with Gasteiger partial charge in [-0.25, -0.2) is 4.98 Å². The van der Waals surface area contributed by atoms with Crippen LogP contribution in [0.2, 0.25) is 0 Å². The summed E-state index contributed by atoms with van der Waals surface area (Å²) in [6.07, 6.45) is 2.49. The SMILES string of the molecule is COCCCNC(=O)c1ccnc(N(Cc2ccccc2)C(C)C)c1. The second-order valence-electron chi connectivity index (χ2n) is 6.21. The van der Waals surface area contributed by atoms with Crippen LogP contribution in [0.5, 0.6) is 0 Å². The van der Waals surface area contributed by atoms with Gasteiger partial charge < -0.3 is 15.0 Å². The molecule has 25 heavy (non-hydrogen) atoms. The zero-order valence-corrected chi connectivity index (χ0v) is 15.2. The van der Waals surface area contributed by atoms with Gasteiger partial charge in [-0.1, -0.05) is 30.3 Å². The molecule has 0 aliphatic carbocycles. The first-order valence-electron chi connectivity index (χ1n) is 8.65. The van der Waals surface area contributed by atoms with Crippen molar-refractivity contribution in [3.63, 3.8) is 0 Å². The van der Waals surface area contributed by atoms with Crippen molar-refractivity contribution >= 4 is 11.7 Å². The summed E-state index contributed by atoms with van der Waals surface area (Å²) in [6, 6.07) is 14.1. The van der Waals surface area contributed by atoms with Crippen molar-refractivity contribution in [2.45, 2.75) is 32.9 Å². The van der Waals surface area contributed by atoms with Gasteiger partial charge in [-0.2, -0.15) is 0 Å². The fourth-order valence-corrected chi connectivity index (χ4v) is 2.55. The van der Waals surface area contributed by atoms with E-state index in [1.807, 2.05) is 24.3 Å². The summed E-state index contributed by atoms with van der Waals surface area (Å²) in [6.45, 7) is 6.25. The van der Waals surface area contributed by atoms with Crippen LogP contribution in [0.4, 0.5) is 5.82 Å². The molecule has 0 atom stereocenters. The van der Waals surface area contributed by atoms with Crippen molar-refractivity contribution in [1.29, 1.82) is 0 Å². The van der Waals surface area contributed by atoms with Crippen LogP contribution >= 0.6 is 0 Å². The summed E-state index contributed by atoms with van der Waals surface area (Å²) >= 11 is 0. The number of nitrogens with zero attached hydrogens (tertiary/aromatic N) is 2. The fraction of sp³-hybridized carbons (Fsp3) is 0.400. The van der Waals surface area contributed by atoms with Crippen molar-refractivity contribution in [2.75, 3.05) is 25.2 Å². The zero-order chi connectivity index (χ0) is 18.1. The monoisotopic (exact) mass is 341 g/mol. The molecule has 0 aliphatic heterocycles. The first-order valence-corrected chi connectivity index (χ1v) is 8.65. The number of amides is 1. The highest BCUT2D eigenvalue weighted by atomic mass is 16.5. The number of carbonyl (C=O) groups is 1. The van der Waals surface area contributed by atoms with E-state index in [-0.39, 0.29) is 11.9 Å². The van der Waals surface area contributed by atoms with Gasteiger partial charge in [0, 0.05) is 44.6 Å². The zero-order valence-electron chi connectivity index (χ0n) is 15.2. The molecule has 0 spiro atoms. The van der Waals surface area contributed by atoms with E-state index in [1.54, 1.807) is 19.4 Å². The van der Waals surface area contributed by atoms with E-state index in [4.69, 9.17) is 4.74 Å². The van der Waals surface area contributed by atoms with Crippen LogP contribution in [-0.4, -0.2) is 37.2 Å². The van der Waals surface area contributed by atoms with Crippen molar-refractivity contribution < 1.29 is 9.53 Å². The smallest absolute Gasteiger partial charge is 0.251 e. The second kappa shape index (κ2) is 9.79. The summed E-state index contributed by atoms with van der Waals surface area (Å²) in [7, 11) is 1.66. The number of anilines is 1. The fourth-order valence-electron chi connectivity index (χ4n) is 2.55. The van der Waals surface area contributed by atoms with Gasteiger partial charge in [0.25, 0.3) is 5.91 Å². The summed E-state index contributed by atoms with van der Waals surface area (Å²) in [5.74, 6) is 0.728. The van der Waals surface area contributed by atoms with Crippen LogP contribution in [0.25, 0.3) is 0 Å². The molecular formula is C20H27N3O2. The molecule has 0 saturated carbocycles. The van der Waals surface area contributed by atoms with Crippen LogP contribution < -0.4 is 10.2 Å². The van der Waals surface area contributed by atoms with E-state index < -0.39 is 0 Å². The van der Waals surface area contributed by atoms with Crippen LogP contribution in [0.15, 0.2) is 48.7 Å². The van der Waals surface area contributed by atoms with Crippen LogP contribution in [0, 0.1) is 0 Å². The van der Waals surface area contributed by atoms with Gasteiger partial charge >= 0.3 is 0 Å². The average Bonchev–Trinajstić information content (AvgIpc) is 2.64. The largest absolute Gasteiger partial charge is 0.385 e. The molecule has 0 fully saturated rings. The third-order valence-corrected chi connectivity index (χ3v) is 3.93. The summed E-state index contributed by atoms with van der Waals surface area (Å²) in [4.78, 5) is 19.0. The van der Waals surface area contributed by atoms with E-state index in [2.05, 4.69) is 41.2 Å². The Morgan fingerprint density at radius 3 is 2.68 bits per heavy atom. The molecule has 1 aromatic heterocycles. The average molecular weight is 341 g/mol. The lowest BCUT2D eigenvalue weighted by Gasteiger charge is -2.28. The van der Waals surface area contributed by atoms with Crippen LogP contribution in [0.3, 0.4) is 0 Å². The molecular weight excluding hydrogens is 314 g/mol. The molecule has 0 bridgehead atoms. The Bertz CT molecular complexity index is 659. The number of carbonyl (C=O) groups excluding carboxylic acids is 1. The molecule has 0 radical (unpaired) electrons. The Hall–Kier alpha value is -2.40. The molecule has 134 valence electrons. The highest BCUT2D eigenvalue weighted by Crippen LogP contribution is 2.19. The summed E-state index contributed by atoms with van der Waals surface area (Å²) < 4.78 is 4.99. The first kappa shape index (κ1) is 18.9. The van der Waals surface area contributed by atoms with E-state index in [0.29, 0.717) is 18.7 Å². The van der Waals surface area contributed by atoms with Gasteiger partial charge in [-0.3, -0.25) is 4.79 Å². The number of hydrogen-bond acceptors (Lipinski definition) is 4. The normalized spacial score (nSPS) is 10.7. The minimum atomic E-state index is -0.0804. The third kappa shape index (κ3) is 5.87. The Balaban J connectivity index is 2.10. The molecule has 0 unspecified atom stereocenters. The molecule has 1 amide bonds. The topological polar surface area (TPSA) is 54.5 Å². The molecule has 0 aliphatic rings. The summed E-state index contributed by atoms with van der Waals surface area (Å²) in [5.41, 5.74) is 1.84. The van der Waals surface area contributed by atoms with E-state index in [0.717, 1.165) is 18.8 Å². The van der Waals surface area contributed by atoms with Crippen LogP contribution in [0.1, 0.15) is 36.2 Å².